The van der Waals surface area contributed by atoms with Crippen LogP contribution in [0, 0.1) is 5.92 Å². The van der Waals surface area contributed by atoms with Crippen molar-refractivity contribution in [3.8, 4) is 0 Å². The van der Waals surface area contributed by atoms with Crippen LogP contribution in [0.2, 0.25) is 0 Å². The van der Waals surface area contributed by atoms with Crippen molar-refractivity contribution in [3.63, 3.8) is 0 Å². The zero-order valence-corrected chi connectivity index (χ0v) is 12.7. The monoisotopic (exact) mass is 266 g/mol. The molecule has 1 aromatic rings. The SMILES string of the molecule is CCC(c1cccs1)C(C)CN1CCN(C)CC1. The molecule has 0 aliphatic carbocycles. The van der Waals surface area contributed by atoms with Crippen molar-refractivity contribution >= 4 is 11.3 Å². The summed E-state index contributed by atoms with van der Waals surface area (Å²) in [6.45, 7) is 10.9. The van der Waals surface area contributed by atoms with Gasteiger partial charge in [0.1, 0.15) is 0 Å². The summed E-state index contributed by atoms with van der Waals surface area (Å²) in [6, 6.07) is 4.49. The van der Waals surface area contributed by atoms with Crippen LogP contribution in [-0.2, 0) is 0 Å². The van der Waals surface area contributed by atoms with E-state index < -0.39 is 0 Å². The Balaban J connectivity index is 1.88. The molecule has 1 saturated heterocycles. The third kappa shape index (κ3) is 3.56. The standard InChI is InChI=1S/C15H26N2S/c1-4-14(15-6-5-11-18-15)13(2)12-17-9-7-16(3)8-10-17/h5-6,11,13-14H,4,7-10,12H2,1-3H3. The van der Waals surface area contributed by atoms with Gasteiger partial charge in [0.05, 0.1) is 0 Å². The molecule has 0 amide bonds. The van der Waals surface area contributed by atoms with E-state index in [0.29, 0.717) is 0 Å². The molecule has 2 nitrogen and oxygen atoms in total. The van der Waals surface area contributed by atoms with E-state index in [1.165, 1.54) is 39.1 Å². The van der Waals surface area contributed by atoms with Gasteiger partial charge in [-0.3, -0.25) is 0 Å². The van der Waals surface area contributed by atoms with E-state index in [0.717, 1.165) is 11.8 Å². The van der Waals surface area contributed by atoms with Crippen molar-refractivity contribution in [2.45, 2.75) is 26.2 Å². The summed E-state index contributed by atoms with van der Waals surface area (Å²) in [7, 11) is 2.22. The molecule has 1 aliphatic rings. The predicted octanol–water partition coefficient (Wildman–Crippen LogP) is 3.13. The van der Waals surface area contributed by atoms with Gasteiger partial charge in [0.15, 0.2) is 0 Å². The van der Waals surface area contributed by atoms with Gasteiger partial charge < -0.3 is 9.80 Å². The molecule has 0 saturated carbocycles. The van der Waals surface area contributed by atoms with Crippen LogP contribution in [0.5, 0.6) is 0 Å². The fourth-order valence-corrected chi connectivity index (χ4v) is 4.00. The quantitative estimate of drug-likeness (QED) is 0.808. The van der Waals surface area contributed by atoms with Crippen molar-refractivity contribution in [2.75, 3.05) is 39.8 Å². The number of piperazine rings is 1. The van der Waals surface area contributed by atoms with Crippen molar-refractivity contribution in [1.82, 2.24) is 9.80 Å². The Kier molecular flexibility index (Phi) is 5.22. The van der Waals surface area contributed by atoms with Gasteiger partial charge >= 0.3 is 0 Å². The molecule has 1 fully saturated rings. The number of hydrogen-bond donors (Lipinski definition) is 0. The van der Waals surface area contributed by atoms with Crippen LogP contribution in [0.1, 0.15) is 31.1 Å². The maximum absolute atomic E-state index is 2.64. The summed E-state index contributed by atoms with van der Waals surface area (Å²) in [5.74, 6) is 1.50. The molecule has 0 spiro atoms. The molecule has 0 radical (unpaired) electrons. The summed E-state index contributed by atoms with van der Waals surface area (Å²) in [6.07, 6.45) is 1.26. The molecular weight excluding hydrogens is 240 g/mol. The van der Waals surface area contributed by atoms with Crippen LogP contribution in [-0.4, -0.2) is 49.6 Å². The Labute approximate surface area is 116 Å². The fraction of sp³-hybridized carbons (Fsp3) is 0.733. The molecule has 3 heteroatoms. The van der Waals surface area contributed by atoms with E-state index in [-0.39, 0.29) is 0 Å². The molecule has 0 N–H and O–H groups in total. The second-order valence-corrected chi connectivity index (χ2v) is 6.59. The topological polar surface area (TPSA) is 6.48 Å². The largest absolute Gasteiger partial charge is 0.304 e. The van der Waals surface area contributed by atoms with Gasteiger partial charge in [-0.1, -0.05) is 19.9 Å². The Morgan fingerprint density at radius 2 is 2.00 bits per heavy atom. The van der Waals surface area contributed by atoms with Gasteiger partial charge in [-0.15, -0.1) is 11.3 Å². The maximum Gasteiger partial charge on any atom is 0.0110 e. The number of likely N-dealkylation sites (N-methyl/N-ethyl adjacent to an activating group) is 1. The lowest BCUT2D eigenvalue weighted by Crippen LogP contribution is -2.46. The molecular formula is C15H26N2S. The zero-order valence-electron chi connectivity index (χ0n) is 11.9. The molecule has 102 valence electrons. The van der Waals surface area contributed by atoms with Crippen LogP contribution in [0.3, 0.4) is 0 Å². The van der Waals surface area contributed by atoms with Crippen LogP contribution in [0.25, 0.3) is 0 Å². The Morgan fingerprint density at radius 1 is 1.28 bits per heavy atom. The Bertz CT molecular complexity index is 328. The highest BCUT2D eigenvalue weighted by molar-refractivity contribution is 7.10. The summed E-state index contributed by atoms with van der Waals surface area (Å²) in [4.78, 5) is 6.64. The van der Waals surface area contributed by atoms with E-state index in [1.807, 2.05) is 11.3 Å². The van der Waals surface area contributed by atoms with E-state index in [4.69, 9.17) is 0 Å². The Morgan fingerprint density at radius 3 is 2.56 bits per heavy atom. The predicted molar refractivity (Wildman–Crippen MR) is 80.5 cm³/mol. The molecule has 1 aromatic heterocycles. The summed E-state index contributed by atoms with van der Waals surface area (Å²) in [5, 5.41) is 2.21. The average molecular weight is 266 g/mol. The number of rotatable bonds is 5. The minimum Gasteiger partial charge on any atom is -0.304 e. The van der Waals surface area contributed by atoms with Crippen LogP contribution < -0.4 is 0 Å². The molecule has 2 atom stereocenters. The summed E-state index contributed by atoms with van der Waals surface area (Å²) in [5.41, 5.74) is 0. The normalized spacial score (nSPS) is 21.9. The van der Waals surface area contributed by atoms with Gasteiger partial charge in [0.25, 0.3) is 0 Å². The average Bonchev–Trinajstić information content (AvgIpc) is 2.87. The van der Waals surface area contributed by atoms with Crippen LogP contribution >= 0.6 is 11.3 Å². The lowest BCUT2D eigenvalue weighted by molar-refractivity contribution is 0.133. The van der Waals surface area contributed by atoms with Gasteiger partial charge in [0.2, 0.25) is 0 Å². The second-order valence-electron chi connectivity index (χ2n) is 5.61. The van der Waals surface area contributed by atoms with Crippen molar-refractivity contribution < 1.29 is 0 Å². The lowest BCUT2D eigenvalue weighted by Gasteiger charge is -2.35. The van der Waals surface area contributed by atoms with E-state index in [9.17, 15) is 0 Å². The summed E-state index contributed by atoms with van der Waals surface area (Å²) < 4.78 is 0. The van der Waals surface area contributed by atoms with E-state index in [2.05, 4.69) is 48.2 Å². The zero-order chi connectivity index (χ0) is 13.0. The second kappa shape index (κ2) is 6.69. The highest BCUT2D eigenvalue weighted by atomic mass is 32.1. The number of thiophene rings is 1. The maximum atomic E-state index is 2.64. The molecule has 0 aromatic carbocycles. The molecule has 2 heterocycles. The highest BCUT2D eigenvalue weighted by Crippen LogP contribution is 2.31. The molecule has 0 bridgehead atoms. The Hall–Kier alpha value is -0.380. The molecule has 18 heavy (non-hydrogen) atoms. The first-order valence-corrected chi connectivity index (χ1v) is 8.03. The summed E-state index contributed by atoms with van der Waals surface area (Å²) >= 11 is 1.92. The van der Waals surface area contributed by atoms with Gasteiger partial charge in [-0.25, -0.2) is 0 Å². The van der Waals surface area contributed by atoms with Crippen LogP contribution in [0.4, 0.5) is 0 Å². The number of hydrogen-bond acceptors (Lipinski definition) is 3. The highest BCUT2D eigenvalue weighted by Gasteiger charge is 2.22. The molecule has 2 rings (SSSR count). The molecule has 2 unspecified atom stereocenters. The van der Waals surface area contributed by atoms with E-state index >= 15 is 0 Å². The minimum atomic E-state index is 0.740. The molecule has 1 aliphatic heterocycles. The number of nitrogens with zero attached hydrogens (tertiary/aromatic N) is 2. The first kappa shape index (κ1) is 14.0. The van der Waals surface area contributed by atoms with E-state index in [1.54, 1.807) is 4.88 Å². The lowest BCUT2D eigenvalue weighted by atomic mass is 9.89. The first-order valence-electron chi connectivity index (χ1n) is 7.15. The van der Waals surface area contributed by atoms with Gasteiger partial charge in [0, 0.05) is 37.6 Å². The van der Waals surface area contributed by atoms with Crippen molar-refractivity contribution in [3.05, 3.63) is 22.4 Å². The van der Waals surface area contributed by atoms with Crippen LogP contribution in [0.15, 0.2) is 17.5 Å². The fourth-order valence-electron chi connectivity index (χ4n) is 2.95. The van der Waals surface area contributed by atoms with Crippen molar-refractivity contribution in [2.24, 2.45) is 5.92 Å². The minimum absolute atomic E-state index is 0.740. The first-order chi connectivity index (χ1) is 8.70. The van der Waals surface area contributed by atoms with Crippen molar-refractivity contribution in [1.29, 1.82) is 0 Å². The smallest absolute Gasteiger partial charge is 0.0110 e. The van der Waals surface area contributed by atoms with Gasteiger partial charge in [-0.05, 0) is 36.8 Å². The third-order valence-corrected chi connectivity index (χ3v) is 5.18. The van der Waals surface area contributed by atoms with Gasteiger partial charge in [-0.2, -0.15) is 0 Å². The third-order valence-electron chi connectivity index (χ3n) is 4.18.